The van der Waals surface area contributed by atoms with Gasteiger partial charge in [-0.25, -0.2) is 0 Å². The van der Waals surface area contributed by atoms with Gasteiger partial charge in [-0.15, -0.1) is 11.3 Å². The summed E-state index contributed by atoms with van der Waals surface area (Å²) in [7, 11) is 3.79. The fourth-order valence-electron chi connectivity index (χ4n) is 3.08. The minimum absolute atomic E-state index is 0.00648. The van der Waals surface area contributed by atoms with Gasteiger partial charge in [0.15, 0.2) is 0 Å². The molecule has 2 heterocycles. The number of carbonyl (C=O) groups excluding carboxylic acids is 3. The molecule has 1 aliphatic heterocycles. The number of thiophene rings is 1. The highest BCUT2D eigenvalue weighted by atomic mass is 32.1. The number of anilines is 2. The van der Waals surface area contributed by atoms with Crippen molar-refractivity contribution in [1.82, 2.24) is 10.2 Å². The number of carbonyl (C=O) groups is 3. The second-order valence-electron chi connectivity index (χ2n) is 6.89. The monoisotopic (exact) mass is 400 g/mol. The number of hydrogen-bond acceptors (Lipinski definition) is 5. The highest BCUT2D eigenvalue weighted by Crippen LogP contribution is 2.31. The number of likely N-dealkylation sites (N-methyl/N-ethyl adjacent to an activating group) is 1. The SMILES string of the molecule is CN(C)CCNC(=O)C(=O)Nc1ccc2c(c1)CCCN2C(=O)c1cccs1. The molecule has 0 fully saturated rings. The Hall–Kier alpha value is -2.71. The molecule has 0 unspecified atom stereocenters. The Labute approximate surface area is 168 Å². The lowest BCUT2D eigenvalue weighted by atomic mass is 10.0. The normalized spacial score (nSPS) is 13.2. The van der Waals surface area contributed by atoms with Gasteiger partial charge in [-0.2, -0.15) is 0 Å². The number of aryl methyl sites for hydroxylation is 1. The van der Waals surface area contributed by atoms with Crippen molar-refractivity contribution in [3.63, 3.8) is 0 Å². The van der Waals surface area contributed by atoms with Crippen molar-refractivity contribution >= 4 is 40.4 Å². The first-order chi connectivity index (χ1) is 13.5. The summed E-state index contributed by atoms with van der Waals surface area (Å²) < 4.78 is 0. The Morgan fingerprint density at radius 2 is 2.00 bits per heavy atom. The minimum Gasteiger partial charge on any atom is -0.347 e. The molecular weight excluding hydrogens is 376 g/mol. The summed E-state index contributed by atoms with van der Waals surface area (Å²) in [4.78, 5) is 41.1. The second-order valence-corrected chi connectivity index (χ2v) is 7.84. The highest BCUT2D eigenvalue weighted by molar-refractivity contribution is 7.12. The summed E-state index contributed by atoms with van der Waals surface area (Å²) in [6.45, 7) is 1.74. The third-order valence-corrected chi connectivity index (χ3v) is 5.34. The molecule has 1 aromatic carbocycles. The number of rotatable bonds is 5. The number of amides is 3. The number of nitrogens with zero attached hydrogens (tertiary/aromatic N) is 2. The number of hydrogen-bond donors (Lipinski definition) is 2. The largest absolute Gasteiger partial charge is 0.347 e. The van der Waals surface area contributed by atoms with Crippen LogP contribution >= 0.6 is 11.3 Å². The van der Waals surface area contributed by atoms with Crippen LogP contribution in [0.15, 0.2) is 35.7 Å². The van der Waals surface area contributed by atoms with E-state index in [4.69, 9.17) is 0 Å². The van der Waals surface area contributed by atoms with Crippen molar-refractivity contribution in [2.75, 3.05) is 43.9 Å². The third kappa shape index (κ3) is 4.76. The topological polar surface area (TPSA) is 81.8 Å². The van der Waals surface area contributed by atoms with Gasteiger partial charge in [0.05, 0.1) is 4.88 Å². The van der Waals surface area contributed by atoms with E-state index in [2.05, 4.69) is 10.6 Å². The van der Waals surface area contributed by atoms with E-state index in [1.807, 2.05) is 48.6 Å². The van der Waals surface area contributed by atoms with Crippen molar-refractivity contribution in [2.45, 2.75) is 12.8 Å². The lowest BCUT2D eigenvalue weighted by Crippen LogP contribution is -2.39. The molecule has 0 aliphatic carbocycles. The lowest BCUT2D eigenvalue weighted by molar-refractivity contribution is -0.136. The Morgan fingerprint density at radius 1 is 1.18 bits per heavy atom. The van der Waals surface area contributed by atoms with Gasteiger partial charge in [0, 0.05) is 31.0 Å². The molecule has 0 saturated heterocycles. The Bertz CT molecular complexity index is 864. The van der Waals surface area contributed by atoms with Gasteiger partial charge in [-0.1, -0.05) is 6.07 Å². The van der Waals surface area contributed by atoms with Crippen molar-refractivity contribution in [2.24, 2.45) is 0 Å². The number of fused-ring (bicyclic) bond motifs is 1. The molecule has 0 saturated carbocycles. The zero-order chi connectivity index (χ0) is 20.1. The van der Waals surface area contributed by atoms with Gasteiger partial charge in [0.1, 0.15) is 0 Å². The quantitative estimate of drug-likeness (QED) is 0.752. The van der Waals surface area contributed by atoms with E-state index in [0.717, 1.165) is 24.1 Å². The van der Waals surface area contributed by atoms with Gasteiger partial charge in [-0.05, 0) is 62.1 Å². The average molecular weight is 401 g/mol. The molecule has 7 nitrogen and oxygen atoms in total. The van der Waals surface area contributed by atoms with Crippen LogP contribution < -0.4 is 15.5 Å². The molecule has 1 aliphatic rings. The standard InChI is InChI=1S/C20H24N4O3S/c1-23(2)11-9-21-18(25)19(26)22-15-7-8-16-14(13-15)5-3-10-24(16)20(27)17-6-4-12-28-17/h4,6-8,12-13H,3,5,9-11H2,1-2H3,(H,21,25)(H,22,26). The molecule has 3 amide bonds. The molecule has 3 rings (SSSR count). The van der Waals surface area contributed by atoms with E-state index >= 15 is 0 Å². The van der Waals surface area contributed by atoms with Gasteiger partial charge in [-0.3, -0.25) is 14.4 Å². The van der Waals surface area contributed by atoms with E-state index in [1.54, 1.807) is 11.0 Å². The van der Waals surface area contributed by atoms with E-state index in [9.17, 15) is 14.4 Å². The van der Waals surface area contributed by atoms with E-state index < -0.39 is 11.8 Å². The first-order valence-corrected chi connectivity index (χ1v) is 10.1. The Kier molecular flexibility index (Phi) is 6.43. The van der Waals surface area contributed by atoms with Crippen LogP contribution in [-0.2, 0) is 16.0 Å². The predicted octanol–water partition coefficient (Wildman–Crippen LogP) is 1.96. The smallest absolute Gasteiger partial charge is 0.313 e. The summed E-state index contributed by atoms with van der Waals surface area (Å²) in [5, 5.41) is 7.11. The first-order valence-electron chi connectivity index (χ1n) is 9.18. The molecule has 0 radical (unpaired) electrons. The maximum Gasteiger partial charge on any atom is 0.313 e. The van der Waals surface area contributed by atoms with Gasteiger partial charge >= 0.3 is 11.8 Å². The average Bonchev–Trinajstić information content (AvgIpc) is 3.21. The summed E-state index contributed by atoms with van der Waals surface area (Å²) in [5.74, 6) is -1.36. The zero-order valence-electron chi connectivity index (χ0n) is 16.0. The molecule has 2 N–H and O–H groups in total. The van der Waals surface area contributed by atoms with Crippen molar-refractivity contribution in [3.8, 4) is 0 Å². The first kappa shape index (κ1) is 20.0. The van der Waals surface area contributed by atoms with Crippen LogP contribution in [0.25, 0.3) is 0 Å². The Balaban J connectivity index is 1.67. The predicted molar refractivity (Wildman–Crippen MR) is 111 cm³/mol. The van der Waals surface area contributed by atoms with E-state index in [1.165, 1.54) is 11.3 Å². The molecule has 0 bridgehead atoms. The maximum absolute atomic E-state index is 12.7. The Morgan fingerprint density at radius 3 is 2.71 bits per heavy atom. The second kappa shape index (κ2) is 8.99. The van der Waals surface area contributed by atoms with Crippen LogP contribution in [-0.4, -0.2) is 56.4 Å². The van der Waals surface area contributed by atoms with Gasteiger partial charge in [0.2, 0.25) is 0 Å². The number of nitrogens with one attached hydrogen (secondary N) is 2. The molecule has 28 heavy (non-hydrogen) atoms. The summed E-state index contributed by atoms with van der Waals surface area (Å²) in [6, 6.07) is 9.09. The van der Waals surface area contributed by atoms with Crippen LogP contribution in [0.4, 0.5) is 11.4 Å². The highest BCUT2D eigenvalue weighted by Gasteiger charge is 2.24. The zero-order valence-corrected chi connectivity index (χ0v) is 16.8. The fourth-order valence-corrected chi connectivity index (χ4v) is 3.75. The summed E-state index contributed by atoms with van der Waals surface area (Å²) in [5.41, 5.74) is 2.40. The molecule has 148 valence electrons. The molecule has 1 aromatic heterocycles. The molecule has 2 aromatic rings. The van der Waals surface area contributed by atoms with E-state index in [0.29, 0.717) is 30.2 Å². The summed E-state index contributed by atoms with van der Waals surface area (Å²) >= 11 is 1.43. The molecule has 8 heteroatoms. The fraction of sp³-hybridized carbons (Fsp3) is 0.350. The molecule has 0 atom stereocenters. The van der Waals surface area contributed by atoms with Crippen LogP contribution in [0.3, 0.4) is 0 Å². The number of benzene rings is 1. The van der Waals surface area contributed by atoms with Crippen LogP contribution in [0, 0.1) is 0 Å². The minimum atomic E-state index is -0.693. The van der Waals surface area contributed by atoms with Crippen molar-refractivity contribution < 1.29 is 14.4 Å². The molecular formula is C20H24N4O3S. The van der Waals surface area contributed by atoms with Crippen LogP contribution in [0.1, 0.15) is 21.7 Å². The van der Waals surface area contributed by atoms with Crippen molar-refractivity contribution in [3.05, 3.63) is 46.2 Å². The summed E-state index contributed by atoms with van der Waals surface area (Å²) in [6.07, 6.45) is 1.68. The lowest BCUT2D eigenvalue weighted by Gasteiger charge is -2.29. The third-order valence-electron chi connectivity index (χ3n) is 4.48. The van der Waals surface area contributed by atoms with Crippen molar-refractivity contribution in [1.29, 1.82) is 0 Å². The van der Waals surface area contributed by atoms with Gasteiger partial charge in [0.25, 0.3) is 5.91 Å². The van der Waals surface area contributed by atoms with Crippen LogP contribution in [0.5, 0.6) is 0 Å². The van der Waals surface area contributed by atoms with E-state index in [-0.39, 0.29) is 5.91 Å². The molecule has 0 spiro atoms. The maximum atomic E-state index is 12.7. The van der Waals surface area contributed by atoms with Gasteiger partial charge < -0.3 is 20.4 Å². The van der Waals surface area contributed by atoms with Crippen LogP contribution in [0.2, 0.25) is 0 Å².